The molecule has 0 unspecified atom stereocenters. The van der Waals surface area contributed by atoms with Crippen LogP contribution in [0.4, 0.5) is 0 Å². The zero-order chi connectivity index (χ0) is 20.2. The van der Waals surface area contributed by atoms with E-state index in [1.165, 1.54) is 0 Å². The number of thioether (sulfide) groups is 1. The first-order chi connectivity index (χ1) is 14.2. The second-order valence-electron chi connectivity index (χ2n) is 6.36. The number of hydrogen-bond donors (Lipinski definition) is 0. The Kier molecular flexibility index (Phi) is 5.61. The smallest absolute Gasteiger partial charge is 0.196 e. The Hall–Kier alpha value is -3.14. The molecule has 0 amide bonds. The van der Waals surface area contributed by atoms with Gasteiger partial charge in [0.1, 0.15) is 0 Å². The molecule has 0 aliphatic rings. The van der Waals surface area contributed by atoms with E-state index in [-0.39, 0.29) is 0 Å². The zero-order valence-corrected chi connectivity index (χ0v) is 17.2. The predicted molar refractivity (Wildman–Crippen MR) is 115 cm³/mol. The summed E-state index contributed by atoms with van der Waals surface area (Å²) in [6.07, 6.45) is 3.47. The first-order valence-electron chi connectivity index (χ1n) is 8.90. The molecule has 0 aliphatic carbocycles. The van der Waals surface area contributed by atoms with Crippen molar-refractivity contribution in [2.24, 2.45) is 0 Å². The Bertz CT molecular complexity index is 1200. The van der Waals surface area contributed by atoms with Crippen LogP contribution in [-0.2, 0) is 5.75 Å². The van der Waals surface area contributed by atoms with E-state index in [1.807, 2.05) is 60.0 Å². The van der Waals surface area contributed by atoms with Gasteiger partial charge in [0.25, 0.3) is 0 Å². The van der Waals surface area contributed by atoms with E-state index < -0.39 is 0 Å². The maximum absolute atomic E-state index is 9.13. The van der Waals surface area contributed by atoms with Crippen molar-refractivity contribution < 1.29 is 0 Å². The molecule has 5 nitrogen and oxygen atoms in total. The average Bonchev–Trinajstić information content (AvgIpc) is 3.18. The number of pyridine rings is 1. The van der Waals surface area contributed by atoms with Crippen molar-refractivity contribution in [3.63, 3.8) is 0 Å². The maximum Gasteiger partial charge on any atom is 0.196 e. The molecule has 0 saturated heterocycles. The van der Waals surface area contributed by atoms with E-state index in [4.69, 9.17) is 16.9 Å². The van der Waals surface area contributed by atoms with Crippen LogP contribution in [0, 0.1) is 18.3 Å². The van der Waals surface area contributed by atoms with E-state index >= 15 is 0 Å². The lowest BCUT2D eigenvalue weighted by Gasteiger charge is -2.14. The molecule has 4 rings (SSSR count). The zero-order valence-electron chi connectivity index (χ0n) is 15.6. The molecule has 7 heteroatoms. The highest BCUT2D eigenvalue weighted by molar-refractivity contribution is 7.98. The number of aromatic nitrogens is 4. The highest BCUT2D eigenvalue weighted by atomic mass is 35.5. The van der Waals surface area contributed by atoms with Gasteiger partial charge >= 0.3 is 0 Å². The van der Waals surface area contributed by atoms with Gasteiger partial charge in [-0.15, -0.1) is 10.2 Å². The minimum absolute atomic E-state index is 0.646. The molecule has 0 spiro atoms. The standard InChI is InChI=1S/C22H16ClN5S/c1-15-19(23)6-3-7-20(15)28-21(18-8-10-25-11-9-18)26-27-22(28)29-14-17-5-2-4-16(12-17)13-24/h2-12H,14H2,1H3. The molecule has 0 N–H and O–H groups in total. The van der Waals surface area contributed by atoms with E-state index in [9.17, 15) is 0 Å². The normalized spacial score (nSPS) is 10.7. The molecule has 2 aromatic carbocycles. The molecule has 0 radical (unpaired) electrons. The molecule has 2 aromatic heterocycles. The van der Waals surface area contributed by atoms with Crippen LogP contribution in [0.3, 0.4) is 0 Å². The molecule has 142 valence electrons. The molecule has 0 bridgehead atoms. The fraction of sp³-hybridized carbons (Fsp3) is 0.0909. The van der Waals surface area contributed by atoms with E-state index in [1.54, 1.807) is 30.2 Å². The van der Waals surface area contributed by atoms with Crippen LogP contribution in [0.15, 0.2) is 72.1 Å². The molecular formula is C22H16ClN5S. The van der Waals surface area contributed by atoms with Crippen molar-refractivity contribution in [3.8, 4) is 23.1 Å². The molecule has 0 atom stereocenters. The van der Waals surface area contributed by atoms with Gasteiger partial charge in [-0.2, -0.15) is 5.26 Å². The predicted octanol–water partition coefficient (Wildman–Crippen LogP) is 5.46. The van der Waals surface area contributed by atoms with E-state index in [0.29, 0.717) is 16.3 Å². The topological polar surface area (TPSA) is 67.4 Å². The summed E-state index contributed by atoms with van der Waals surface area (Å²) < 4.78 is 2.02. The van der Waals surface area contributed by atoms with Gasteiger partial charge in [0.05, 0.1) is 17.3 Å². The molecular weight excluding hydrogens is 402 g/mol. The summed E-state index contributed by atoms with van der Waals surface area (Å²) in [6.45, 7) is 1.98. The van der Waals surface area contributed by atoms with Gasteiger partial charge in [-0.1, -0.05) is 41.6 Å². The molecule has 2 heterocycles. The van der Waals surface area contributed by atoms with Crippen LogP contribution in [0.1, 0.15) is 16.7 Å². The highest BCUT2D eigenvalue weighted by Crippen LogP contribution is 2.32. The van der Waals surface area contributed by atoms with Gasteiger partial charge in [-0.25, -0.2) is 0 Å². The van der Waals surface area contributed by atoms with E-state index in [0.717, 1.165) is 33.4 Å². The average molecular weight is 418 g/mol. The van der Waals surface area contributed by atoms with Crippen LogP contribution in [0.2, 0.25) is 5.02 Å². The minimum atomic E-state index is 0.646. The van der Waals surface area contributed by atoms with Gasteiger partial charge in [-0.05, 0) is 54.4 Å². The van der Waals surface area contributed by atoms with Crippen LogP contribution in [0.25, 0.3) is 17.1 Å². The van der Waals surface area contributed by atoms with Crippen molar-refractivity contribution in [1.82, 2.24) is 19.7 Å². The summed E-state index contributed by atoms with van der Waals surface area (Å²) in [5.74, 6) is 1.40. The molecule has 0 saturated carbocycles. The van der Waals surface area contributed by atoms with Crippen LogP contribution in [-0.4, -0.2) is 19.7 Å². The first-order valence-corrected chi connectivity index (χ1v) is 10.3. The number of nitriles is 1. The van der Waals surface area contributed by atoms with Gasteiger partial charge in [0.15, 0.2) is 11.0 Å². The highest BCUT2D eigenvalue weighted by Gasteiger charge is 2.18. The Morgan fingerprint density at radius 2 is 1.86 bits per heavy atom. The fourth-order valence-electron chi connectivity index (χ4n) is 2.99. The molecule has 29 heavy (non-hydrogen) atoms. The summed E-state index contributed by atoms with van der Waals surface area (Å²) in [5, 5.41) is 19.5. The van der Waals surface area contributed by atoms with Crippen molar-refractivity contribution in [2.45, 2.75) is 17.8 Å². The summed E-state index contributed by atoms with van der Waals surface area (Å²) in [4.78, 5) is 4.09. The van der Waals surface area contributed by atoms with Crippen LogP contribution >= 0.6 is 23.4 Å². The van der Waals surface area contributed by atoms with E-state index in [2.05, 4.69) is 21.3 Å². The SMILES string of the molecule is Cc1c(Cl)cccc1-n1c(SCc2cccc(C#N)c2)nnc1-c1ccncc1. The Labute approximate surface area is 178 Å². The fourth-order valence-corrected chi connectivity index (χ4v) is 4.04. The number of nitrogens with zero attached hydrogens (tertiary/aromatic N) is 5. The van der Waals surface area contributed by atoms with Gasteiger partial charge < -0.3 is 0 Å². The largest absolute Gasteiger partial charge is 0.270 e. The lowest BCUT2D eigenvalue weighted by Crippen LogP contribution is -2.02. The maximum atomic E-state index is 9.13. The summed E-state index contributed by atoms with van der Waals surface area (Å²) in [7, 11) is 0. The lowest BCUT2D eigenvalue weighted by atomic mass is 10.2. The Morgan fingerprint density at radius 3 is 2.66 bits per heavy atom. The monoisotopic (exact) mass is 417 g/mol. The number of rotatable bonds is 5. The van der Waals surface area contributed by atoms with Gasteiger partial charge in [-0.3, -0.25) is 9.55 Å². The molecule has 4 aromatic rings. The Balaban J connectivity index is 1.77. The quantitative estimate of drug-likeness (QED) is 0.403. The van der Waals surface area contributed by atoms with Crippen molar-refractivity contribution in [2.75, 3.05) is 0 Å². The van der Waals surface area contributed by atoms with Gasteiger partial charge in [0.2, 0.25) is 0 Å². The van der Waals surface area contributed by atoms with Crippen molar-refractivity contribution in [1.29, 1.82) is 5.26 Å². The van der Waals surface area contributed by atoms with Gasteiger partial charge in [0, 0.05) is 28.7 Å². The number of hydrogen-bond acceptors (Lipinski definition) is 5. The van der Waals surface area contributed by atoms with Crippen molar-refractivity contribution in [3.05, 3.63) is 88.7 Å². The third-order valence-corrected chi connectivity index (χ3v) is 5.89. The second kappa shape index (κ2) is 8.48. The third-order valence-electron chi connectivity index (χ3n) is 4.48. The lowest BCUT2D eigenvalue weighted by molar-refractivity contribution is 0.880. The van der Waals surface area contributed by atoms with Crippen LogP contribution < -0.4 is 0 Å². The summed E-state index contributed by atoms with van der Waals surface area (Å²) >= 11 is 7.95. The Morgan fingerprint density at radius 1 is 1.07 bits per heavy atom. The summed E-state index contributed by atoms with van der Waals surface area (Å²) in [6, 6.07) is 19.4. The summed E-state index contributed by atoms with van der Waals surface area (Å²) in [5.41, 5.74) is 4.51. The molecule has 0 aliphatic heterocycles. The number of halogens is 1. The molecule has 0 fully saturated rings. The number of benzene rings is 2. The van der Waals surface area contributed by atoms with Crippen LogP contribution in [0.5, 0.6) is 0 Å². The first kappa shape index (κ1) is 19.2. The van der Waals surface area contributed by atoms with Crippen molar-refractivity contribution >= 4 is 23.4 Å². The third kappa shape index (κ3) is 4.02. The second-order valence-corrected chi connectivity index (χ2v) is 7.71. The minimum Gasteiger partial charge on any atom is -0.270 e.